The second kappa shape index (κ2) is 9.32. The summed E-state index contributed by atoms with van der Waals surface area (Å²) in [6, 6.07) is 9.72. The largest absolute Gasteiger partial charge is 0.417 e. The number of carbonyl (C=O) groups is 1. The van der Waals surface area contributed by atoms with Gasteiger partial charge in [-0.05, 0) is 48.5 Å². The number of amides is 1. The Morgan fingerprint density at radius 2 is 1.78 bits per heavy atom. The molecule has 3 N–H and O–H groups in total. The van der Waals surface area contributed by atoms with E-state index in [4.69, 9.17) is 16.8 Å². The third-order valence-electron chi connectivity index (χ3n) is 3.82. The van der Waals surface area contributed by atoms with Crippen molar-refractivity contribution in [1.82, 2.24) is 15.4 Å². The van der Waals surface area contributed by atoms with Crippen LogP contribution in [0.5, 0.6) is 0 Å². The number of hydrogen-bond acceptors (Lipinski definition) is 7. The summed E-state index contributed by atoms with van der Waals surface area (Å²) >= 11 is 6.66. The van der Waals surface area contributed by atoms with Crippen LogP contribution in [0, 0.1) is 0 Å². The van der Waals surface area contributed by atoms with E-state index in [0.717, 1.165) is 23.9 Å². The van der Waals surface area contributed by atoms with Gasteiger partial charge in [0.05, 0.1) is 15.5 Å². The van der Waals surface area contributed by atoms with Gasteiger partial charge < -0.3 is 0 Å². The number of nitrogens with zero attached hydrogens (tertiary/aromatic N) is 2. The number of hydroxylamine groups is 1. The Labute approximate surface area is 188 Å². The van der Waals surface area contributed by atoms with Gasteiger partial charge in [-0.2, -0.15) is 13.2 Å². The predicted octanol–water partition coefficient (Wildman–Crippen LogP) is 4.22. The molecule has 2 aromatic carbocycles. The first-order chi connectivity index (χ1) is 15.0. The average Bonchev–Trinajstić information content (AvgIpc) is 2.74. The molecule has 0 spiro atoms. The molecule has 1 heterocycles. The quantitative estimate of drug-likeness (QED) is 0.261. The topological polar surface area (TPSA) is 121 Å². The van der Waals surface area contributed by atoms with Crippen molar-refractivity contribution in [1.29, 1.82) is 0 Å². The van der Waals surface area contributed by atoms with Gasteiger partial charge in [-0.3, -0.25) is 14.7 Å². The Morgan fingerprint density at radius 1 is 1.09 bits per heavy atom. The highest BCUT2D eigenvalue weighted by molar-refractivity contribution is 7.99. The zero-order valence-corrected chi connectivity index (χ0v) is 18.0. The molecule has 0 unspecified atom stereocenters. The van der Waals surface area contributed by atoms with Gasteiger partial charge in [0.25, 0.3) is 10.0 Å². The van der Waals surface area contributed by atoms with Crippen LogP contribution in [0.3, 0.4) is 0 Å². The highest BCUT2D eigenvalue weighted by Gasteiger charge is 2.34. The summed E-state index contributed by atoms with van der Waals surface area (Å²) in [5.74, 6) is -1.13. The molecule has 3 aromatic rings. The van der Waals surface area contributed by atoms with Crippen molar-refractivity contribution in [2.24, 2.45) is 0 Å². The molecule has 0 aliphatic rings. The number of alkyl halides is 3. The monoisotopic (exact) mass is 504 g/mol. The van der Waals surface area contributed by atoms with Gasteiger partial charge in [0.1, 0.15) is 5.03 Å². The molecule has 0 saturated carbocycles. The number of nitrogens with one attached hydrogen (secondary N) is 2. The van der Waals surface area contributed by atoms with Crippen molar-refractivity contribution in [2.45, 2.75) is 21.0 Å². The highest BCUT2D eigenvalue weighted by atomic mass is 35.5. The standard InChI is InChI=1S/C18H12ClF3N4O4S2/c19-14-6-5-12(9-13(14)18(20,21)22)32(29,30)26-10-1-3-11(4-2-10)31-15-7-8-23-16(24-15)17(27)25-28/h1-9,26,28H,(H,25,27). The van der Waals surface area contributed by atoms with Gasteiger partial charge in [0, 0.05) is 16.8 Å². The third kappa shape index (κ3) is 5.68. The predicted molar refractivity (Wildman–Crippen MR) is 109 cm³/mol. The minimum Gasteiger partial charge on any atom is -0.288 e. The van der Waals surface area contributed by atoms with Crippen LogP contribution in [0.2, 0.25) is 5.02 Å². The maximum atomic E-state index is 13.0. The van der Waals surface area contributed by atoms with Crippen molar-refractivity contribution in [2.75, 3.05) is 4.72 Å². The van der Waals surface area contributed by atoms with Crippen molar-refractivity contribution in [3.05, 3.63) is 71.1 Å². The summed E-state index contributed by atoms with van der Waals surface area (Å²) in [7, 11) is -4.31. The van der Waals surface area contributed by atoms with E-state index < -0.39 is 37.6 Å². The zero-order valence-electron chi connectivity index (χ0n) is 15.6. The smallest absolute Gasteiger partial charge is 0.288 e. The summed E-state index contributed by atoms with van der Waals surface area (Å²) < 4.78 is 66.2. The van der Waals surface area contributed by atoms with Crippen molar-refractivity contribution in [3.63, 3.8) is 0 Å². The molecular formula is C18H12ClF3N4O4S2. The summed E-state index contributed by atoms with van der Waals surface area (Å²) in [5.41, 5.74) is 0.277. The molecule has 0 atom stereocenters. The number of aromatic nitrogens is 2. The maximum Gasteiger partial charge on any atom is 0.417 e. The SMILES string of the molecule is O=C(NO)c1nccc(Sc2ccc(NS(=O)(=O)c3ccc(Cl)c(C(F)(F)F)c3)cc2)n1. The van der Waals surface area contributed by atoms with Crippen LogP contribution in [0.25, 0.3) is 0 Å². The van der Waals surface area contributed by atoms with Crippen LogP contribution in [-0.2, 0) is 16.2 Å². The molecule has 0 aliphatic carbocycles. The molecule has 32 heavy (non-hydrogen) atoms. The minimum atomic E-state index is -4.81. The summed E-state index contributed by atoms with van der Waals surface area (Å²) in [4.78, 5) is 19.1. The average molecular weight is 505 g/mol. The Kier molecular flexibility index (Phi) is 6.93. The first kappa shape index (κ1) is 23.8. The number of carbonyl (C=O) groups excluding carboxylic acids is 1. The maximum absolute atomic E-state index is 13.0. The van der Waals surface area contributed by atoms with Crippen LogP contribution in [-0.4, -0.2) is 29.5 Å². The second-order valence-electron chi connectivity index (χ2n) is 6.03. The molecule has 0 aliphatic heterocycles. The van der Waals surface area contributed by atoms with Gasteiger partial charge in [-0.25, -0.2) is 23.9 Å². The lowest BCUT2D eigenvalue weighted by atomic mass is 10.2. The van der Waals surface area contributed by atoms with E-state index >= 15 is 0 Å². The molecule has 3 rings (SSSR count). The molecule has 1 aromatic heterocycles. The number of benzene rings is 2. The fraction of sp³-hybridized carbons (Fsp3) is 0.0556. The van der Waals surface area contributed by atoms with E-state index in [-0.39, 0.29) is 11.5 Å². The number of hydrogen-bond donors (Lipinski definition) is 3. The first-order valence-corrected chi connectivity index (χ1v) is 11.1. The fourth-order valence-corrected chi connectivity index (χ4v) is 4.46. The fourth-order valence-electron chi connectivity index (χ4n) is 2.37. The molecule has 0 saturated heterocycles. The zero-order chi connectivity index (χ0) is 23.5. The van der Waals surface area contributed by atoms with Gasteiger partial charge in [0.2, 0.25) is 5.82 Å². The molecule has 0 radical (unpaired) electrons. The van der Waals surface area contributed by atoms with E-state index in [2.05, 4.69) is 14.7 Å². The lowest BCUT2D eigenvalue weighted by Crippen LogP contribution is -2.21. The Bertz CT molecular complexity index is 1260. The summed E-state index contributed by atoms with van der Waals surface area (Å²) in [6.07, 6.45) is -3.48. The highest BCUT2D eigenvalue weighted by Crippen LogP contribution is 2.36. The van der Waals surface area contributed by atoms with Crippen LogP contribution in [0.1, 0.15) is 16.2 Å². The molecule has 14 heteroatoms. The molecule has 0 bridgehead atoms. The Balaban J connectivity index is 1.77. The Hall–Kier alpha value is -2.87. The van der Waals surface area contributed by atoms with Crippen LogP contribution >= 0.6 is 23.4 Å². The van der Waals surface area contributed by atoms with Gasteiger partial charge >= 0.3 is 12.1 Å². The van der Waals surface area contributed by atoms with Crippen molar-refractivity contribution < 1.29 is 31.6 Å². The van der Waals surface area contributed by atoms with Gasteiger partial charge in [0.15, 0.2) is 0 Å². The van der Waals surface area contributed by atoms with E-state index in [1.807, 2.05) is 0 Å². The summed E-state index contributed by atoms with van der Waals surface area (Å²) in [6.45, 7) is 0. The number of anilines is 1. The summed E-state index contributed by atoms with van der Waals surface area (Å²) in [5, 5.41) is 8.41. The lowest BCUT2D eigenvalue weighted by Gasteiger charge is -2.13. The number of halogens is 4. The van der Waals surface area contributed by atoms with Crippen LogP contribution in [0.4, 0.5) is 18.9 Å². The Morgan fingerprint density at radius 3 is 2.41 bits per heavy atom. The van der Waals surface area contributed by atoms with Crippen molar-refractivity contribution >= 4 is 45.0 Å². The minimum absolute atomic E-state index is 0.112. The van der Waals surface area contributed by atoms with Crippen LogP contribution < -0.4 is 10.2 Å². The normalized spacial score (nSPS) is 11.8. The number of rotatable bonds is 6. The third-order valence-corrected chi connectivity index (χ3v) is 6.47. The molecule has 1 amide bonds. The molecular weight excluding hydrogens is 493 g/mol. The van der Waals surface area contributed by atoms with Gasteiger partial charge in [-0.15, -0.1) is 0 Å². The molecule has 168 valence electrons. The van der Waals surface area contributed by atoms with Gasteiger partial charge in [-0.1, -0.05) is 23.4 Å². The van der Waals surface area contributed by atoms with E-state index in [1.54, 1.807) is 12.1 Å². The number of sulfonamides is 1. The van der Waals surface area contributed by atoms with E-state index in [1.165, 1.54) is 29.9 Å². The molecule has 0 fully saturated rings. The molecule has 8 nitrogen and oxygen atoms in total. The van der Waals surface area contributed by atoms with Crippen LogP contribution in [0.15, 0.2) is 69.5 Å². The van der Waals surface area contributed by atoms with E-state index in [9.17, 15) is 26.4 Å². The first-order valence-electron chi connectivity index (χ1n) is 8.44. The lowest BCUT2D eigenvalue weighted by molar-refractivity contribution is -0.137. The van der Waals surface area contributed by atoms with E-state index in [0.29, 0.717) is 16.0 Å². The van der Waals surface area contributed by atoms with Crippen molar-refractivity contribution in [3.8, 4) is 0 Å². The second-order valence-corrected chi connectivity index (χ2v) is 9.21.